The van der Waals surface area contributed by atoms with Gasteiger partial charge in [0.2, 0.25) is 0 Å². The van der Waals surface area contributed by atoms with Crippen molar-refractivity contribution in [3.8, 4) is 0 Å². The van der Waals surface area contributed by atoms with Crippen molar-refractivity contribution in [1.82, 2.24) is 14.8 Å². The predicted octanol–water partition coefficient (Wildman–Crippen LogP) is 1.46. The number of aryl methyl sites for hydroxylation is 1. The molecule has 2 atom stereocenters. The van der Waals surface area contributed by atoms with Crippen LogP contribution in [-0.2, 0) is 11.3 Å². The van der Waals surface area contributed by atoms with Crippen molar-refractivity contribution in [2.24, 2.45) is 11.3 Å². The fraction of sp³-hybridized carbons (Fsp3) is 0.786. The second-order valence-electron chi connectivity index (χ2n) is 6.36. The molecule has 0 aliphatic carbocycles. The Morgan fingerprint density at radius 3 is 3.11 bits per heavy atom. The number of aromatic nitrogens is 1. The highest BCUT2D eigenvalue weighted by molar-refractivity contribution is 7.09. The van der Waals surface area contributed by atoms with Crippen LogP contribution in [0.3, 0.4) is 0 Å². The smallest absolute Gasteiger partial charge is 0.107 e. The Balaban J connectivity index is 1.68. The van der Waals surface area contributed by atoms with Crippen molar-refractivity contribution < 1.29 is 4.74 Å². The van der Waals surface area contributed by atoms with Crippen molar-refractivity contribution in [2.75, 3.05) is 46.9 Å². The van der Waals surface area contributed by atoms with E-state index in [4.69, 9.17) is 4.74 Å². The summed E-state index contributed by atoms with van der Waals surface area (Å²) in [4.78, 5) is 9.46. The van der Waals surface area contributed by atoms with Gasteiger partial charge in [0.25, 0.3) is 0 Å². The Kier molecular flexibility index (Phi) is 3.64. The van der Waals surface area contributed by atoms with Crippen LogP contribution in [0.4, 0.5) is 0 Å². The summed E-state index contributed by atoms with van der Waals surface area (Å²) in [6, 6.07) is 0. The lowest BCUT2D eigenvalue weighted by Gasteiger charge is -2.30. The highest BCUT2D eigenvalue weighted by Crippen LogP contribution is 2.42. The third-order valence-electron chi connectivity index (χ3n) is 4.25. The summed E-state index contributed by atoms with van der Waals surface area (Å²) in [7, 11) is 4.33. The van der Waals surface area contributed by atoms with Gasteiger partial charge >= 0.3 is 0 Å². The average Bonchev–Trinajstić information content (AvgIpc) is 2.92. The molecule has 1 aromatic rings. The van der Waals surface area contributed by atoms with Crippen LogP contribution in [0.25, 0.3) is 0 Å². The first-order valence-electron chi connectivity index (χ1n) is 6.93. The van der Waals surface area contributed by atoms with Gasteiger partial charge < -0.3 is 9.64 Å². The minimum atomic E-state index is 0.343. The van der Waals surface area contributed by atoms with E-state index >= 15 is 0 Å². The molecule has 0 aromatic carbocycles. The molecule has 0 unspecified atom stereocenters. The zero-order valence-corrected chi connectivity index (χ0v) is 12.9. The van der Waals surface area contributed by atoms with Gasteiger partial charge in [0.15, 0.2) is 0 Å². The van der Waals surface area contributed by atoms with Gasteiger partial charge in [-0.2, -0.15) is 0 Å². The molecule has 5 heteroatoms. The Bertz CT molecular complexity index is 448. The van der Waals surface area contributed by atoms with Crippen LogP contribution >= 0.6 is 11.3 Å². The molecule has 0 bridgehead atoms. The third-order valence-corrected chi connectivity index (χ3v) is 5.20. The van der Waals surface area contributed by atoms with Gasteiger partial charge in [0.05, 0.1) is 19.8 Å². The van der Waals surface area contributed by atoms with Crippen molar-refractivity contribution in [2.45, 2.75) is 13.5 Å². The molecule has 106 valence electrons. The first-order valence-corrected chi connectivity index (χ1v) is 7.81. The molecule has 4 nitrogen and oxygen atoms in total. The molecule has 2 fully saturated rings. The summed E-state index contributed by atoms with van der Waals surface area (Å²) in [6.45, 7) is 8.36. The molecule has 2 aliphatic rings. The van der Waals surface area contributed by atoms with Gasteiger partial charge in [0.1, 0.15) is 5.01 Å². The lowest BCUT2D eigenvalue weighted by atomic mass is 9.81. The van der Waals surface area contributed by atoms with Gasteiger partial charge in [-0.05, 0) is 21.0 Å². The second kappa shape index (κ2) is 5.13. The lowest BCUT2D eigenvalue weighted by molar-refractivity contribution is 0.109. The standard InChI is InChI=1S/C14H23N3OS/c1-11-7-19-13(15-11)5-17-4-12-6-18-10-14(12,9-17)8-16(2)3/h7,12H,4-6,8-10H2,1-3H3/t12-,14+/m1/s1. The normalized spacial score (nSPS) is 31.3. The van der Waals surface area contributed by atoms with Crippen LogP contribution in [-0.4, -0.2) is 61.7 Å². The van der Waals surface area contributed by atoms with E-state index in [0.717, 1.165) is 45.1 Å². The zero-order valence-electron chi connectivity index (χ0n) is 12.1. The summed E-state index contributed by atoms with van der Waals surface area (Å²) in [5, 5.41) is 3.39. The van der Waals surface area contributed by atoms with Gasteiger partial charge in [-0.25, -0.2) is 4.98 Å². The van der Waals surface area contributed by atoms with Crippen molar-refractivity contribution >= 4 is 11.3 Å². The predicted molar refractivity (Wildman–Crippen MR) is 77.4 cm³/mol. The number of nitrogens with zero attached hydrogens (tertiary/aromatic N) is 3. The molecule has 3 rings (SSSR count). The SMILES string of the molecule is Cc1csc(CN2C[C@@H]3COC[C@]3(CN(C)C)C2)n1. The van der Waals surface area contributed by atoms with E-state index in [9.17, 15) is 0 Å². The largest absolute Gasteiger partial charge is 0.380 e. The van der Waals surface area contributed by atoms with E-state index in [2.05, 4.69) is 41.2 Å². The van der Waals surface area contributed by atoms with E-state index in [1.165, 1.54) is 5.01 Å². The average molecular weight is 281 g/mol. The molecule has 1 aromatic heterocycles. The number of rotatable bonds is 4. The number of fused-ring (bicyclic) bond motifs is 1. The quantitative estimate of drug-likeness (QED) is 0.835. The number of likely N-dealkylation sites (tertiary alicyclic amines) is 1. The molecule has 2 saturated heterocycles. The van der Waals surface area contributed by atoms with Crippen LogP contribution in [0.15, 0.2) is 5.38 Å². The molecule has 0 saturated carbocycles. The lowest BCUT2D eigenvalue weighted by Crippen LogP contribution is -2.40. The van der Waals surface area contributed by atoms with Crippen LogP contribution in [0.1, 0.15) is 10.7 Å². The minimum absolute atomic E-state index is 0.343. The molecule has 0 spiro atoms. The van der Waals surface area contributed by atoms with Crippen LogP contribution < -0.4 is 0 Å². The van der Waals surface area contributed by atoms with E-state index in [0.29, 0.717) is 11.3 Å². The maximum atomic E-state index is 5.75. The van der Waals surface area contributed by atoms with Gasteiger partial charge in [-0.3, -0.25) is 4.90 Å². The van der Waals surface area contributed by atoms with Gasteiger partial charge in [-0.1, -0.05) is 0 Å². The van der Waals surface area contributed by atoms with Crippen molar-refractivity contribution in [3.63, 3.8) is 0 Å². The summed E-state index contributed by atoms with van der Waals surface area (Å²) in [5.41, 5.74) is 1.49. The first-order chi connectivity index (χ1) is 9.07. The Morgan fingerprint density at radius 1 is 1.58 bits per heavy atom. The summed E-state index contributed by atoms with van der Waals surface area (Å²) >= 11 is 1.78. The molecule has 0 radical (unpaired) electrons. The monoisotopic (exact) mass is 281 g/mol. The summed E-state index contributed by atoms with van der Waals surface area (Å²) in [6.07, 6.45) is 0. The fourth-order valence-corrected chi connectivity index (χ4v) is 4.40. The van der Waals surface area contributed by atoms with Gasteiger partial charge in [0, 0.05) is 42.0 Å². The maximum Gasteiger partial charge on any atom is 0.107 e. The molecule has 19 heavy (non-hydrogen) atoms. The van der Waals surface area contributed by atoms with Gasteiger partial charge in [-0.15, -0.1) is 11.3 Å². The third kappa shape index (κ3) is 2.70. The van der Waals surface area contributed by atoms with Crippen LogP contribution in [0.2, 0.25) is 0 Å². The highest BCUT2D eigenvalue weighted by atomic mass is 32.1. The zero-order chi connectivity index (χ0) is 13.5. The number of hydrogen-bond acceptors (Lipinski definition) is 5. The van der Waals surface area contributed by atoms with E-state index in [1.54, 1.807) is 11.3 Å². The number of hydrogen-bond donors (Lipinski definition) is 0. The molecular formula is C14H23N3OS. The van der Waals surface area contributed by atoms with Crippen LogP contribution in [0, 0.1) is 18.3 Å². The maximum absolute atomic E-state index is 5.75. The molecular weight excluding hydrogens is 258 g/mol. The second-order valence-corrected chi connectivity index (χ2v) is 7.31. The first kappa shape index (κ1) is 13.5. The molecule has 0 amide bonds. The number of thiazole rings is 1. The Hall–Kier alpha value is -0.490. The van der Waals surface area contributed by atoms with E-state index < -0.39 is 0 Å². The number of ether oxygens (including phenoxy) is 1. The van der Waals surface area contributed by atoms with Crippen LogP contribution in [0.5, 0.6) is 0 Å². The highest BCUT2D eigenvalue weighted by Gasteiger charge is 2.50. The summed E-state index contributed by atoms with van der Waals surface area (Å²) in [5.74, 6) is 0.691. The minimum Gasteiger partial charge on any atom is -0.380 e. The molecule has 0 N–H and O–H groups in total. The van der Waals surface area contributed by atoms with Crippen molar-refractivity contribution in [1.29, 1.82) is 0 Å². The summed E-state index contributed by atoms with van der Waals surface area (Å²) < 4.78 is 5.75. The molecule has 3 heterocycles. The Labute approximate surface area is 119 Å². The van der Waals surface area contributed by atoms with Crippen molar-refractivity contribution in [3.05, 3.63) is 16.1 Å². The van der Waals surface area contributed by atoms with E-state index in [-0.39, 0.29) is 0 Å². The van der Waals surface area contributed by atoms with E-state index in [1.807, 2.05) is 0 Å². The Morgan fingerprint density at radius 2 is 2.42 bits per heavy atom. The molecule has 2 aliphatic heterocycles. The fourth-order valence-electron chi connectivity index (χ4n) is 3.58. The topological polar surface area (TPSA) is 28.6 Å².